The molecule has 1 heterocycles. The van der Waals surface area contributed by atoms with Crippen LogP contribution in [0.5, 0.6) is 5.88 Å². The van der Waals surface area contributed by atoms with E-state index < -0.39 is 0 Å². The molecule has 0 unspecified atom stereocenters. The molecule has 0 bridgehead atoms. The molecule has 0 aliphatic rings. The van der Waals surface area contributed by atoms with Gasteiger partial charge in [0.25, 0.3) is 0 Å². The second-order valence-electron chi connectivity index (χ2n) is 3.43. The van der Waals surface area contributed by atoms with Gasteiger partial charge >= 0.3 is 0 Å². The fourth-order valence-corrected chi connectivity index (χ4v) is 1.34. The minimum absolute atomic E-state index is 0.409. The van der Waals surface area contributed by atoms with E-state index in [9.17, 15) is 0 Å². The molecule has 1 aromatic heterocycles. The monoisotopic (exact) mass is 224 g/mol. The highest BCUT2D eigenvalue weighted by Gasteiger charge is 2.00. The minimum Gasteiger partial charge on any atom is -0.475 e. The Hall–Kier alpha value is -1.20. The number of likely N-dealkylation sites (N-methyl/N-ethyl adjacent to an activating group) is 1. The molecule has 1 rings (SSSR count). The summed E-state index contributed by atoms with van der Waals surface area (Å²) in [6.07, 6.45) is 3.26. The van der Waals surface area contributed by atoms with Crippen molar-refractivity contribution < 1.29 is 4.74 Å². The van der Waals surface area contributed by atoms with Crippen LogP contribution in [0.3, 0.4) is 0 Å². The van der Waals surface area contributed by atoms with Crippen LogP contribution in [0.25, 0.3) is 0 Å². The molecular weight excluding hydrogens is 204 g/mol. The van der Waals surface area contributed by atoms with E-state index in [-0.39, 0.29) is 0 Å². The molecule has 5 nitrogen and oxygen atoms in total. The van der Waals surface area contributed by atoms with Crippen molar-refractivity contribution in [2.45, 2.75) is 20.4 Å². The first-order valence-corrected chi connectivity index (χ1v) is 5.66. The highest BCUT2D eigenvalue weighted by atomic mass is 16.5. The van der Waals surface area contributed by atoms with Crippen LogP contribution in [-0.4, -0.2) is 41.1 Å². The van der Waals surface area contributed by atoms with Gasteiger partial charge in [0, 0.05) is 13.1 Å². The van der Waals surface area contributed by atoms with Gasteiger partial charge in [-0.1, -0.05) is 13.8 Å². The van der Waals surface area contributed by atoms with Crippen molar-refractivity contribution in [3.63, 3.8) is 0 Å². The summed E-state index contributed by atoms with van der Waals surface area (Å²) in [4.78, 5) is 10.5. The van der Waals surface area contributed by atoms with Gasteiger partial charge in [-0.3, -0.25) is 4.98 Å². The van der Waals surface area contributed by atoms with Gasteiger partial charge in [0.05, 0.1) is 18.1 Å². The van der Waals surface area contributed by atoms with Gasteiger partial charge in [-0.15, -0.1) is 0 Å². The minimum atomic E-state index is 0.409. The third-order valence-corrected chi connectivity index (χ3v) is 2.44. The summed E-state index contributed by atoms with van der Waals surface area (Å²) in [7, 11) is 0. The van der Waals surface area contributed by atoms with E-state index in [0.717, 1.165) is 25.3 Å². The molecule has 0 spiro atoms. The number of nitrogens with two attached hydrogens (primary N) is 1. The second-order valence-corrected chi connectivity index (χ2v) is 3.43. The number of rotatable bonds is 7. The van der Waals surface area contributed by atoms with Gasteiger partial charge in [0.15, 0.2) is 0 Å². The molecule has 0 aromatic carbocycles. The summed E-state index contributed by atoms with van der Waals surface area (Å²) >= 11 is 0. The van der Waals surface area contributed by atoms with Gasteiger partial charge in [0.2, 0.25) is 5.88 Å². The quantitative estimate of drug-likeness (QED) is 0.737. The molecule has 1 aromatic rings. The van der Waals surface area contributed by atoms with Crippen molar-refractivity contribution in [3.8, 4) is 5.88 Å². The van der Waals surface area contributed by atoms with Crippen molar-refractivity contribution in [2.75, 3.05) is 26.2 Å². The molecule has 0 radical (unpaired) electrons. The van der Waals surface area contributed by atoms with Crippen LogP contribution in [-0.2, 0) is 6.54 Å². The number of hydrogen-bond donors (Lipinski definition) is 1. The summed E-state index contributed by atoms with van der Waals surface area (Å²) in [5.74, 6) is 0.560. The summed E-state index contributed by atoms with van der Waals surface area (Å²) in [6.45, 7) is 8.31. The van der Waals surface area contributed by atoms with E-state index in [4.69, 9.17) is 10.5 Å². The fraction of sp³-hybridized carbons (Fsp3) is 0.636. The molecule has 16 heavy (non-hydrogen) atoms. The standard InChI is InChI=1S/C11H20N4O/c1-3-15(4-2)5-6-16-11-9-13-10(7-12)8-14-11/h8-9H,3-7,12H2,1-2H3. The van der Waals surface area contributed by atoms with E-state index >= 15 is 0 Å². The molecule has 90 valence electrons. The lowest BCUT2D eigenvalue weighted by atomic mass is 10.4. The second kappa shape index (κ2) is 7.14. The van der Waals surface area contributed by atoms with Gasteiger partial charge in [-0.05, 0) is 13.1 Å². The van der Waals surface area contributed by atoms with E-state index in [0.29, 0.717) is 19.0 Å². The lowest BCUT2D eigenvalue weighted by molar-refractivity contribution is 0.217. The highest BCUT2D eigenvalue weighted by molar-refractivity contribution is 5.06. The maximum Gasteiger partial charge on any atom is 0.232 e. The fourth-order valence-electron chi connectivity index (χ4n) is 1.34. The number of aromatic nitrogens is 2. The van der Waals surface area contributed by atoms with E-state index in [2.05, 4.69) is 28.7 Å². The van der Waals surface area contributed by atoms with Crippen LogP contribution in [0.2, 0.25) is 0 Å². The van der Waals surface area contributed by atoms with Crippen molar-refractivity contribution >= 4 is 0 Å². The Labute approximate surface area is 96.6 Å². The topological polar surface area (TPSA) is 64.3 Å². The van der Waals surface area contributed by atoms with Crippen molar-refractivity contribution in [3.05, 3.63) is 18.1 Å². The zero-order chi connectivity index (χ0) is 11.8. The SMILES string of the molecule is CCN(CC)CCOc1cnc(CN)cn1. The van der Waals surface area contributed by atoms with Gasteiger partial charge in [-0.2, -0.15) is 0 Å². The van der Waals surface area contributed by atoms with Crippen LogP contribution in [0, 0.1) is 0 Å². The molecule has 2 N–H and O–H groups in total. The zero-order valence-electron chi connectivity index (χ0n) is 10.0. The maximum absolute atomic E-state index is 5.48. The molecule has 0 saturated carbocycles. The van der Waals surface area contributed by atoms with Gasteiger partial charge < -0.3 is 15.4 Å². The summed E-state index contributed by atoms with van der Waals surface area (Å²) in [6, 6.07) is 0. The van der Waals surface area contributed by atoms with E-state index in [1.165, 1.54) is 0 Å². The average molecular weight is 224 g/mol. The van der Waals surface area contributed by atoms with Crippen molar-refractivity contribution in [2.24, 2.45) is 5.73 Å². The van der Waals surface area contributed by atoms with Gasteiger partial charge in [-0.25, -0.2) is 4.98 Å². The third-order valence-electron chi connectivity index (χ3n) is 2.44. The van der Waals surface area contributed by atoms with Crippen LogP contribution >= 0.6 is 0 Å². The summed E-state index contributed by atoms with van der Waals surface area (Å²) in [5, 5.41) is 0. The Morgan fingerprint density at radius 3 is 2.50 bits per heavy atom. The molecular formula is C11H20N4O. The first kappa shape index (κ1) is 12.9. The highest BCUT2D eigenvalue weighted by Crippen LogP contribution is 2.03. The van der Waals surface area contributed by atoms with Crippen LogP contribution < -0.4 is 10.5 Å². The smallest absolute Gasteiger partial charge is 0.232 e. The van der Waals surface area contributed by atoms with E-state index in [1.807, 2.05) is 0 Å². The predicted octanol–water partition coefficient (Wildman–Crippen LogP) is 0.656. The Bertz CT molecular complexity index is 285. The molecule has 0 fully saturated rings. The first-order valence-electron chi connectivity index (χ1n) is 5.66. The lowest BCUT2D eigenvalue weighted by Crippen LogP contribution is -2.28. The third kappa shape index (κ3) is 4.12. The number of ether oxygens (including phenoxy) is 1. The summed E-state index contributed by atoms with van der Waals surface area (Å²) < 4.78 is 5.48. The number of hydrogen-bond acceptors (Lipinski definition) is 5. The molecule has 5 heteroatoms. The Kier molecular flexibility index (Phi) is 5.74. The first-order chi connectivity index (χ1) is 7.80. The molecule has 0 aliphatic carbocycles. The van der Waals surface area contributed by atoms with Crippen LogP contribution in [0.15, 0.2) is 12.4 Å². The predicted molar refractivity (Wildman–Crippen MR) is 63.2 cm³/mol. The van der Waals surface area contributed by atoms with E-state index in [1.54, 1.807) is 12.4 Å². The molecule has 0 amide bonds. The van der Waals surface area contributed by atoms with Crippen LogP contribution in [0.4, 0.5) is 0 Å². The Morgan fingerprint density at radius 2 is 2.00 bits per heavy atom. The lowest BCUT2D eigenvalue weighted by Gasteiger charge is -2.17. The zero-order valence-corrected chi connectivity index (χ0v) is 10.0. The molecule has 0 atom stereocenters. The Balaban J connectivity index is 2.31. The van der Waals surface area contributed by atoms with Crippen LogP contribution in [0.1, 0.15) is 19.5 Å². The molecule has 0 saturated heterocycles. The van der Waals surface area contributed by atoms with Crippen molar-refractivity contribution in [1.82, 2.24) is 14.9 Å². The Morgan fingerprint density at radius 1 is 1.25 bits per heavy atom. The van der Waals surface area contributed by atoms with Gasteiger partial charge in [0.1, 0.15) is 6.61 Å². The largest absolute Gasteiger partial charge is 0.475 e. The summed E-state index contributed by atoms with van der Waals surface area (Å²) in [5.41, 5.74) is 6.20. The average Bonchev–Trinajstić information content (AvgIpc) is 2.35. The molecule has 0 aliphatic heterocycles. The maximum atomic E-state index is 5.48. The normalized spacial score (nSPS) is 10.8. The van der Waals surface area contributed by atoms with Crippen molar-refractivity contribution in [1.29, 1.82) is 0 Å². The number of nitrogens with zero attached hydrogens (tertiary/aromatic N) is 3.